The molecule has 1 N–H and O–H groups in total. The summed E-state index contributed by atoms with van der Waals surface area (Å²) in [6.45, 7) is 6.03. The summed E-state index contributed by atoms with van der Waals surface area (Å²) >= 11 is 0. The highest BCUT2D eigenvalue weighted by Gasteiger charge is 2.18. The summed E-state index contributed by atoms with van der Waals surface area (Å²) in [6, 6.07) is -0.279. The van der Waals surface area contributed by atoms with Crippen LogP contribution in [0, 0.1) is 0 Å². The first kappa shape index (κ1) is 13.5. The van der Waals surface area contributed by atoms with E-state index in [4.69, 9.17) is 5.11 Å². The molecule has 2 amide bonds. The highest BCUT2D eigenvalue weighted by Crippen LogP contribution is 1.98. The zero-order valence-electron chi connectivity index (χ0n) is 9.27. The van der Waals surface area contributed by atoms with Gasteiger partial charge in [-0.15, -0.1) is 6.58 Å². The minimum Gasteiger partial charge on any atom is -0.480 e. The number of likely N-dealkylation sites (N-methyl/N-ethyl adjacent to an activating group) is 1. The molecule has 0 bridgehead atoms. The first-order chi connectivity index (χ1) is 7.02. The number of carbonyl (C=O) groups is 2. The van der Waals surface area contributed by atoms with Crippen LogP contribution in [-0.4, -0.2) is 53.6 Å². The summed E-state index contributed by atoms with van der Waals surface area (Å²) in [7, 11) is 1.62. The van der Waals surface area contributed by atoms with Crippen LogP contribution in [0.4, 0.5) is 4.79 Å². The number of carbonyl (C=O) groups excluding carboxylic acids is 1. The summed E-state index contributed by atoms with van der Waals surface area (Å²) in [5.41, 5.74) is 0. The lowest BCUT2D eigenvalue weighted by molar-refractivity contribution is -0.137. The standard InChI is InChI=1S/C10H18N2O3/c1-4-6-11(3)10(15)12(7-5-2)8-9(13)14/h4H,1,5-8H2,2-3H3,(H,13,14). The Bertz CT molecular complexity index is 241. The number of aliphatic carboxylic acids is 1. The number of urea groups is 1. The van der Waals surface area contributed by atoms with Crippen molar-refractivity contribution in [3.63, 3.8) is 0 Å². The van der Waals surface area contributed by atoms with E-state index in [1.54, 1.807) is 13.1 Å². The molecule has 0 aromatic carbocycles. The minimum atomic E-state index is -0.996. The van der Waals surface area contributed by atoms with E-state index >= 15 is 0 Å². The van der Waals surface area contributed by atoms with Crippen LogP contribution in [0.15, 0.2) is 12.7 Å². The van der Waals surface area contributed by atoms with Gasteiger partial charge in [-0.1, -0.05) is 13.0 Å². The van der Waals surface area contributed by atoms with Crippen molar-refractivity contribution >= 4 is 12.0 Å². The molecule has 0 aliphatic carbocycles. The summed E-state index contributed by atoms with van der Waals surface area (Å²) in [5, 5.41) is 8.64. The van der Waals surface area contributed by atoms with Crippen LogP contribution in [0.3, 0.4) is 0 Å². The van der Waals surface area contributed by atoms with E-state index in [9.17, 15) is 9.59 Å². The molecule has 0 radical (unpaired) electrons. The van der Waals surface area contributed by atoms with Crippen molar-refractivity contribution in [1.82, 2.24) is 9.80 Å². The third kappa shape index (κ3) is 5.05. The van der Waals surface area contributed by atoms with E-state index < -0.39 is 5.97 Å². The van der Waals surface area contributed by atoms with Gasteiger partial charge in [0.1, 0.15) is 6.54 Å². The Kier molecular flexibility index (Phi) is 6.17. The molecule has 0 rings (SSSR count). The number of amides is 2. The first-order valence-corrected chi connectivity index (χ1v) is 4.85. The maximum absolute atomic E-state index is 11.7. The molecule has 0 spiro atoms. The topological polar surface area (TPSA) is 60.9 Å². The van der Waals surface area contributed by atoms with Crippen LogP contribution < -0.4 is 0 Å². The zero-order chi connectivity index (χ0) is 11.8. The van der Waals surface area contributed by atoms with Gasteiger partial charge in [-0.25, -0.2) is 4.79 Å². The van der Waals surface area contributed by atoms with Gasteiger partial charge in [0, 0.05) is 20.1 Å². The van der Waals surface area contributed by atoms with E-state index in [1.165, 1.54) is 9.80 Å². The fourth-order valence-corrected chi connectivity index (χ4v) is 1.19. The van der Waals surface area contributed by atoms with Crippen LogP contribution in [0.5, 0.6) is 0 Å². The average molecular weight is 214 g/mol. The second-order valence-corrected chi connectivity index (χ2v) is 3.27. The fraction of sp³-hybridized carbons (Fsp3) is 0.600. The average Bonchev–Trinajstić information content (AvgIpc) is 2.16. The molecule has 5 nitrogen and oxygen atoms in total. The molecule has 0 fully saturated rings. The van der Waals surface area contributed by atoms with Crippen LogP contribution in [-0.2, 0) is 4.79 Å². The molecule has 0 aromatic rings. The predicted molar refractivity (Wildman–Crippen MR) is 57.7 cm³/mol. The zero-order valence-corrected chi connectivity index (χ0v) is 9.27. The normalized spacial score (nSPS) is 9.47. The molecule has 0 atom stereocenters. The number of nitrogens with zero attached hydrogens (tertiary/aromatic N) is 2. The Hall–Kier alpha value is -1.52. The van der Waals surface area contributed by atoms with Gasteiger partial charge in [0.15, 0.2) is 0 Å². The maximum atomic E-state index is 11.7. The number of hydrogen-bond donors (Lipinski definition) is 1. The van der Waals surface area contributed by atoms with Crippen molar-refractivity contribution in [3.05, 3.63) is 12.7 Å². The van der Waals surface area contributed by atoms with Crippen LogP contribution in [0.1, 0.15) is 13.3 Å². The lowest BCUT2D eigenvalue weighted by Crippen LogP contribution is -2.44. The Morgan fingerprint density at radius 1 is 1.47 bits per heavy atom. The lowest BCUT2D eigenvalue weighted by atomic mass is 10.4. The number of carboxylic acids is 1. The second kappa shape index (κ2) is 6.86. The van der Waals surface area contributed by atoms with Gasteiger partial charge in [0.25, 0.3) is 0 Å². The van der Waals surface area contributed by atoms with Crippen molar-refractivity contribution in [1.29, 1.82) is 0 Å². The number of hydrogen-bond acceptors (Lipinski definition) is 2. The molecular formula is C10H18N2O3. The van der Waals surface area contributed by atoms with E-state index in [2.05, 4.69) is 6.58 Å². The SMILES string of the molecule is C=CCN(C)C(=O)N(CCC)CC(=O)O. The van der Waals surface area contributed by atoms with Gasteiger partial charge >= 0.3 is 12.0 Å². The van der Waals surface area contributed by atoms with Gasteiger partial charge < -0.3 is 14.9 Å². The van der Waals surface area contributed by atoms with E-state index in [0.717, 1.165) is 6.42 Å². The summed E-state index contributed by atoms with van der Waals surface area (Å²) in [6.07, 6.45) is 2.34. The molecule has 5 heteroatoms. The van der Waals surface area contributed by atoms with Gasteiger partial charge in [0.2, 0.25) is 0 Å². The Morgan fingerprint density at radius 3 is 2.47 bits per heavy atom. The fourth-order valence-electron chi connectivity index (χ4n) is 1.19. The molecule has 86 valence electrons. The van der Waals surface area contributed by atoms with Gasteiger partial charge in [-0.3, -0.25) is 4.79 Å². The van der Waals surface area contributed by atoms with Gasteiger partial charge in [0.05, 0.1) is 0 Å². The van der Waals surface area contributed by atoms with Crippen LogP contribution in [0.25, 0.3) is 0 Å². The lowest BCUT2D eigenvalue weighted by Gasteiger charge is -2.25. The third-order valence-corrected chi connectivity index (χ3v) is 1.82. The number of rotatable bonds is 6. The predicted octanol–water partition coefficient (Wildman–Crippen LogP) is 1.02. The summed E-state index contributed by atoms with van der Waals surface area (Å²) < 4.78 is 0. The Balaban J connectivity index is 4.38. The van der Waals surface area contributed by atoms with Crippen molar-refractivity contribution in [3.8, 4) is 0 Å². The molecule has 0 aromatic heterocycles. The van der Waals surface area contributed by atoms with E-state index in [-0.39, 0.29) is 12.6 Å². The smallest absolute Gasteiger partial charge is 0.323 e. The Morgan fingerprint density at radius 2 is 2.07 bits per heavy atom. The van der Waals surface area contributed by atoms with E-state index in [0.29, 0.717) is 13.1 Å². The molecule has 0 saturated carbocycles. The van der Waals surface area contributed by atoms with Crippen molar-refractivity contribution in [2.24, 2.45) is 0 Å². The van der Waals surface area contributed by atoms with Crippen molar-refractivity contribution < 1.29 is 14.7 Å². The number of carboxylic acid groups (broad SMARTS) is 1. The molecule has 15 heavy (non-hydrogen) atoms. The highest BCUT2D eigenvalue weighted by molar-refractivity contribution is 5.80. The van der Waals surface area contributed by atoms with Gasteiger partial charge in [-0.2, -0.15) is 0 Å². The molecule has 0 aliphatic heterocycles. The summed E-state index contributed by atoms with van der Waals surface area (Å²) in [4.78, 5) is 25.0. The van der Waals surface area contributed by atoms with Gasteiger partial charge in [-0.05, 0) is 6.42 Å². The van der Waals surface area contributed by atoms with E-state index in [1.807, 2.05) is 6.92 Å². The molecule has 0 aliphatic rings. The summed E-state index contributed by atoms with van der Waals surface area (Å²) in [5.74, 6) is -0.996. The molecule has 0 heterocycles. The Labute approximate surface area is 90.0 Å². The first-order valence-electron chi connectivity index (χ1n) is 4.85. The molecule has 0 unspecified atom stereocenters. The third-order valence-electron chi connectivity index (χ3n) is 1.82. The molecular weight excluding hydrogens is 196 g/mol. The molecule has 0 saturated heterocycles. The second-order valence-electron chi connectivity index (χ2n) is 3.27. The quantitative estimate of drug-likeness (QED) is 0.671. The largest absolute Gasteiger partial charge is 0.480 e. The minimum absolute atomic E-state index is 0.256. The van der Waals surface area contributed by atoms with Crippen molar-refractivity contribution in [2.75, 3.05) is 26.7 Å². The van der Waals surface area contributed by atoms with Crippen molar-refractivity contribution in [2.45, 2.75) is 13.3 Å². The van der Waals surface area contributed by atoms with Crippen LogP contribution >= 0.6 is 0 Å². The monoisotopic (exact) mass is 214 g/mol. The van der Waals surface area contributed by atoms with Crippen LogP contribution in [0.2, 0.25) is 0 Å². The maximum Gasteiger partial charge on any atom is 0.323 e. The highest BCUT2D eigenvalue weighted by atomic mass is 16.4.